The molecule has 0 bridgehead atoms. The molecule has 98 valence electrons. The van der Waals surface area contributed by atoms with E-state index in [0.717, 1.165) is 17.3 Å². The Bertz CT molecular complexity index is 327. The van der Waals surface area contributed by atoms with Crippen LogP contribution in [0.5, 0.6) is 0 Å². The lowest BCUT2D eigenvalue weighted by molar-refractivity contribution is 0.210. The SMILES string of the molecule is CCCCN(C)C(c1ccc(Cl)s1)C(N)CC. The zero-order valence-corrected chi connectivity index (χ0v) is 12.5. The highest BCUT2D eigenvalue weighted by Crippen LogP contribution is 2.32. The number of nitrogens with two attached hydrogens (primary N) is 1. The van der Waals surface area contributed by atoms with Gasteiger partial charge < -0.3 is 5.73 Å². The average Bonchev–Trinajstić information content (AvgIpc) is 2.73. The Hall–Kier alpha value is -0.0900. The molecule has 0 aromatic carbocycles. The van der Waals surface area contributed by atoms with E-state index in [2.05, 4.69) is 31.9 Å². The summed E-state index contributed by atoms with van der Waals surface area (Å²) in [5.74, 6) is 0. The highest BCUT2D eigenvalue weighted by atomic mass is 35.5. The number of likely N-dealkylation sites (N-methyl/N-ethyl adjacent to an activating group) is 1. The van der Waals surface area contributed by atoms with E-state index in [0.29, 0.717) is 6.04 Å². The molecule has 1 aromatic heterocycles. The first-order valence-corrected chi connectivity index (χ1v) is 7.50. The molecule has 2 N–H and O–H groups in total. The first-order valence-electron chi connectivity index (χ1n) is 6.31. The molecule has 2 nitrogen and oxygen atoms in total. The van der Waals surface area contributed by atoms with Gasteiger partial charge in [-0.05, 0) is 38.6 Å². The van der Waals surface area contributed by atoms with Crippen LogP contribution < -0.4 is 5.73 Å². The van der Waals surface area contributed by atoms with E-state index < -0.39 is 0 Å². The molecule has 1 heterocycles. The van der Waals surface area contributed by atoms with E-state index in [1.165, 1.54) is 17.7 Å². The third kappa shape index (κ3) is 4.25. The number of thiophene rings is 1. The van der Waals surface area contributed by atoms with Gasteiger partial charge in [0.15, 0.2) is 0 Å². The molecule has 0 amide bonds. The molecule has 4 heteroatoms. The van der Waals surface area contributed by atoms with E-state index in [9.17, 15) is 0 Å². The van der Waals surface area contributed by atoms with Crippen LogP contribution in [-0.2, 0) is 0 Å². The third-order valence-corrected chi connectivity index (χ3v) is 4.40. The predicted molar refractivity (Wildman–Crippen MR) is 77.9 cm³/mol. The highest BCUT2D eigenvalue weighted by molar-refractivity contribution is 7.16. The van der Waals surface area contributed by atoms with Crippen molar-refractivity contribution in [1.29, 1.82) is 0 Å². The van der Waals surface area contributed by atoms with Gasteiger partial charge in [0.25, 0.3) is 0 Å². The molecule has 0 radical (unpaired) electrons. The van der Waals surface area contributed by atoms with Crippen molar-refractivity contribution in [1.82, 2.24) is 4.90 Å². The van der Waals surface area contributed by atoms with Gasteiger partial charge in [-0.2, -0.15) is 0 Å². The maximum Gasteiger partial charge on any atom is 0.0931 e. The van der Waals surface area contributed by atoms with Crippen LogP contribution in [0.2, 0.25) is 4.34 Å². The van der Waals surface area contributed by atoms with E-state index >= 15 is 0 Å². The van der Waals surface area contributed by atoms with Crippen molar-refractivity contribution >= 4 is 22.9 Å². The molecule has 17 heavy (non-hydrogen) atoms. The van der Waals surface area contributed by atoms with E-state index in [1.54, 1.807) is 11.3 Å². The Morgan fingerprint density at radius 1 is 1.41 bits per heavy atom. The van der Waals surface area contributed by atoms with Crippen molar-refractivity contribution in [3.8, 4) is 0 Å². The van der Waals surface area contributed by atoms with Gasteiger partial charge in [0.1, 0.15) is 0 Å². The molecule has 0 aliphatic carbocycles. The first kappa shape index (κ1) is 15.0. The quantitative estimate of drug-likeness (QED) is 0.817. The number of rotatable bonds is 7. The predicted octanol–water partition coefficient (Wildman–Crippen LogP) is 3.91. The van der Waals surface area contributed by atoms with Gasteiger partial charge >= 0.3 is 0 Å². The van der Waals surface area contributed by atoms with Crippen LogP contribution in [-0.4, -0.2) is 24.5 Å². The van der Waals surface area contributed by atoms with Crippen LogP contribution >= 0.6 is 22.9 Å². The molecule has 1 rings (SSSR count). The summed E-state index contributed by atoms with van der Waals surface area (Å²) < 4.78 is 0.845. The number of hydrogen-bond acceptors (Lipinski definition) is 3. The normalized spacial score (nSPS) is 15.2. The van der Waals surface area contributed by atoms with E-state index in [1.807, 2.05) is 6.07 Å². The maximum absolute atomic E-state index is 6.25. The lowest BCUT2D eigenvalue weighted by Gasteiger charge is -2.31. The summed E-state index contributed by atoms with van der Waals surface area (Å²) in [5, 5.41) is 0. The maximum atomic E-state index is 6.25. The minimum absolute atomic E-state index is 0.173. The summed E-state index contributed by atoms with van der Waals surface area (Å²) in [4.78, 5) is 3.64. The molecule has 0 fully saturated rings. The molecular weight excluding hydrogens is 252 g/mol. The minimum atomic E-state index is 0.173. The van der Waals surface area contributed by atoms with Crippen molar-refractivity contribution in [2.45, 2.75) is 45.2 Å². The second-order valence-corrected chi connectivity index (χ2v) is 6.24. The van der Waals surface area contributed by atoms with Crippen molar-refractivity contribution < 1.29 is 0 Å². The zero-order valence-electron chi connectivity index (χ0n) is 10.9. The van der Waals surface area contributed by atoms with E-state index in [-0.39, 0.29) is 6.04 Å². The molecule has 0 spiro atoms. The fourth-order valence-corrected chi connectivity index (χ4v) is 3.32. The van der Waals surface area contributed by atoms with Crippen molar-refractivity contribution in [2.75, 3.05) is 13.6 Å². The van der Waals surface area contributed by atoms with Crippen molar-refractivity contribution in [3.63, 3.8) is 0 Å². The van der Waals surface area contributed by atoms with Crippen LogP contribution in [0, 0.1) is 0 Å². The fraction of sp³-hybridized carbons (Fsp3) is 0.692. The number of nitrogens with zero attached hydrogens (tertiary/aromatic N) is 1. The smallest absolute Gasteiger partial charge is 0.0931 e. The summed E-state index contributed by atoms with van der Waals surface area (Å²) in [6.45, 7) is 5.44. The lowest BCUT2D eigenvalue weighted by atomic mass is 10.0. The first-order chi connectivity index (χ1) is 8.10. The highest BCUT2D eigenvalue weighted by Gasteiger charge is 2.24. The Morgan fingerprint density at radius 2 is 2.12 bits per heavy atom. The van der Waals surface area contributed by atoms with Gasteiger partial charge in [-0.3, -0.25) is 4.90 Å². The summed E-state index contributed by atoms with van der Waals surface area (Å²) >= 11 is 7.67. The molecule has 2 unspecified atom stereocenters. The summed E-state index contributed by atoms with van der Waals surface area (Å²) in [6, 6.07) is 4.54. The standard InChI is InChI=1S/C13H23ClN2S/c1-4-6-9-16(3)13(10(15)5-2)11-7-8-12(14)17-11/h7-8,10,13H,4-6,9,15H2,1-3H3. The number of halogens is 1. The van der Waals surface area contributed by atoms with Gasteiger partial charge in [-0.1, -0.05) is 31.9 Å². The monoisotopic (exact) mass is 274 g/mol. The van der Waals surface area contributed by atoms with Crippen molar-refractivity contribution in [2.24, 2.45) is 5.73 Å². The van der Waals surface area contributed by atoms with Crippen molar-refractivity contribution in [3.05, 3.63) is 21.3 Å². The fourth-order valence-electron chi connectivity index (χ4n) is 2.01. The van der Waals surface area contributed by atoms with Gasteiger partial charge in [0, 0.05) is 10.9 Å². The number of hydrogen-bond donors (Lipinski definition) is 1. The minimum Gasteiger partial charge on any atom is -0.326 e. The molecule has 0 saturated heterocycles. The molecular formula is C13H23ClN2S. The topological polar surface area (TPSA) is 29.3 Å². The molecule has 2 atom stereocenters. The second-order valence-electron chi connectivity index (χ2n) is 4.49. The van der Waals surface area contributed by atoms with Crippen LogP contribution in [0.4, 0.5) is 0 Å². The third-order valence-electron chi connectivity index (χ3n) is 3.10. The summed E-state index contributed by atoms with van der Waals surface area (Å²) in [7, 11) is 2.16. The van der Waals surface area contributed by atoms with Gasteiger partial charge in [0.05, 0.1) is 10.4 Å². The Labute approximate surface area is 114 Å². The Balaban J connectivity index is 2.80. The lowest BCUT2D eigenvalue weighted by Crippen LogP contribution is -2.38. The molecule has 0 aliphatic heterocycles. The van der Waals surface area contributed by atoms with Crippen LogP contribution in [0.3, 0.4) is 0 Å². The van der Waals surface area contributed by atoms with Gasteiger partial charge in [-0.25, -0.2) is 0 Å². The molecule has 0 saturated carbocycles. The summed E-state index contributed by atoms with van der Waals surface area (Å²) in [5.41, 5.74) is 6.25. The van der Waals surface area contributed by atoms with Crippen LogP contribution in [0.1, 0.15) is 44.0 Å². The average molecular weight is 275 g/mol. The molecule has 1 aromatic rings. The molecule has 0 aliphatic rings. The Kier molecular flexibility index (Phi) is 6.49. The number of unbranched alkanes of at least 4 members (excludes halogenated alkanes) is 1. The Morgan fingerprint density at radius 3 is 2.59 bits per heavy atom. The second kappa shape index (κ2) is 7.37. The largest absolute Gasteiger partial charge is 0.326 e. The van der Waals surface area contributed by atoms with Gasteiger partial charge in [0.2, 0.25) is 0 Å². The van der Waals surface area contributed by atoms with E-state index in [4.69, 9.17) is 17.3 Å². The van der Waals surface area contributed by atoms with Gasteiger partial charge in [-0.15, -0.1) is 11.3 Å². The van der Waals surface area contributed by atoms with Crippen LogP contribution in [0.15, 0.2) is 12.1 Å². The summed E-state index contributed by atoms with van der Waals surface area (Å²) in [6.07, 6.45) is 3.41. The van der Waals surface area contributed by atoms with Crippen LogP contribution in [0.25, 0.3) is 0 Å². The zero-order chi connectivity index (χ0) is 12.8.